The zero-order chi connectivity index (χ0) is 13.9. The molecule has 0 aliphatic carbocycles. The fourth-order valence-corrected chi connectivity index (χ4v) is 3.86. The van der Waals surface area contributed by atoms with Crippen LogP contribution in [0.15, 0.2) is 46.2 Å². The average molecular weight is 303 g/mol. The van der Waals surface area contributed by atoms with Crippen molar-refractivity contribution in [2.45, 2.75) is 18.9 Å². The van der Waals surface area contributed by atoms with Crippen molar-refractivity contribution in [3.05, 3.63) is 56.8 Å². The second kappa shape index (κ2) is 6.05. The zero-order valence-electron chi connectivity index (χ0n) is 11.1. The van der Waals surface area contributed by atoms with E-state index in [0.717, 1.165) is 31.5 Å². The molecule has 20 heavy (non-hydrogen) atoms. The first-order chi connectivity index (χ1) is 9.79. The quantitative estimate of drug-likeness (QED) is 0.804. The maximum absolute atomic E-state index is 9.57. The third-order valence-corrected chi connectivity index (χ3v) is 5.22. The fourth-order valence-electron chi connectivity index (χ4n) is 2.74. The molecule has 0 saturated heterocycles. The molecular formula is C16H15ClN2S. The van der Waals surface area contributed by atoms with E-state index in [9.17, 15) is 5.26 Å². The van der Waals surface area contributed by atoms with E-state index in [0.29, 0.717) is 5.02 Å². The van der Waals surface area contributed by atoms with Crippen LogP contribution >= 0.6 is 23.4 Å². The number of rotatable bonds is 2. The summed E-state index contributed by atoms with van der Waals surface area (Å²) in [7, 11) is 0. The van der Waals surface area contributed by atoms with E-state index >= 15 is 0 Å². The van der Waals surface area contributed by atoms with Crippen LogP contribution in [0.1, 0.15) is 24.4 Å². The topological polar surface area (TPSA) is 27.0 Å². The van der Waals surface area contributed by atoms with Gasteiger partial charge in [-0.25, -0.2) is 0 Å². The molecule has 0 amide bonds. The van der Waals surface area contributed by atoms with Crippen LogP contribution in [0.3, 0.4) is 0 Å². The lowest BCUT2D eigenvalue weighted by Gasteiger charge is -2.34. The second-order valence-corrected chi connectivity index (χ2v) is 6.40. The summed E-state index contributed by atoms with van der Waals surface area (Å²) in [5.74, 6) is 0. The Morgan fingerprint density at radius 2 is 2.20 bits per heavy atom. The van der Waals surface area contributed by atoms with Crippen molar-refractivity contribution in [3.63, 3.8) is 0 Å². The van der Waals surface area contributed by atoms with Gasteiger partial charge >= 0.3 is 0 Å². The highest BCUT2D eigenvalue weighted by atomic mass is 35.5. The fraction of sp³-hybridized carbons (Fsp3) is 0.312. The SMILES string of the molecule is N#C[C@@H](c1ccccc1Cl)N1CCC2=C(CC=CS2)C1. The van der Waals surface area contributed by atoms with Gasteiger partial charge in [-0.15, -0.1) is 11.8 Å². The van der Waals surface area contributed by atoms with E-state index in [2.05, 4.69) is 22.5 Å². The summed E-state index contributed by atoms with van der Waals surface area (Å²) in [6.07, 6.45) is 4.25. The van der Waals surface area contributed by atoms with Crippen molar-refractivity contribution in [2.24, 2.45) is 0 Å². The molecule has 0 unspecified atom stereocenters. The highest BCUT2D eigenvalue weighted by Gasteiger charge is 2.27. The molecule has 2 aliphatic rings. The first-order valence-electron chi connectivity index (χ1n) is 6.70. The van der Waals surface area contributed by atoms with Gasteiger partial charge in [0.1, 0.15) is 6.04 Å². The van der Waals surface area contributed by atoms with Gasteiger partial charge in [-0.2, -0.15) is 5.26 Å². The lowest BCUT2D eigenvalue weighted by atomic mass is 10.0. The number of hydrogen-bond donors (Lipinski definition) is 0. The van der Waals surface area contributed by atoms with Crippen LogP contribution in [0.25, 0.3) is 0 Å². The van der Waals surface area contributed by atoms with E-state index in [1.165, 1.54) is 10.5 Å². The first-order valence-corrected chi connectivity index (χ1v) is 7.96. The summed E-state index contributed by atoms with van der Waals surface area (Å²) >= 11 is 8.08. The maximum Gasteiger partial charge on any atom is 0.125 e. The van der Waals surface area contributed by atoms with E-state index in [-0.39, 0.29) is 6.04 Å². The lowest BCUT2D eigenvalue weighted by Crippen LogP contribution is -2.34. The van der Waals surface area contributed by atoms with Crippen molar-refractivity contribution in [2.75, 3.05) is 13.1 Å². The number of nitriles is 1. The van der Waals surface area contributed by atoms with Gasteiger partial charge in [0.25, 0.3) is 0 Å². The standard InChI is InChI=1S/C16H15ClN2S/c17-14-6-2-1-5-13(14)15(10-18)19-8-7-16-12(11-19)4-3-9-20-16/h1-3,5-6,9,15H,4,7-8,11H2/t15-/m0/s1. The van der Waals surface area contributed by atoms with Crippen LogP contribution in [0.5, 0.6) is 0 Å². The predicted octanol–water partition coefficient (Wildman–Crippen LogP) is 4.52. The van der Waals surface area contributed by atoms with Crippen molar-refractivity contribution in [3.8, 4) is 6.07 Å². The molecule has 2 heterocycles. The number of nitrogens with zero attached hydrogens (tertiary/aromatic N) is 2. The number of thioether (sulfide) groups is 1. The highest BCUT2D eigenvalue weighted by Crippen LogP contribution is 2.37. The molecule has 1 aromatic rings. The van der Waals surface area contributed by atoms with Crippen LogP contribution in [0.2, 0.25) is 5.02 Å². The summed E-state index contributed by atoms with van der Waals surface area (Å²) < 4.78 is 0. The van der Waals surface area contributed by atoms with E-state index in [1.54, 1.807) is 0 Å². The van der Waals surface area contributed by atoms with Crippen LogP contribution in [-0.2, 0) is 0 Å². The minimum Gasteiger partial charge on any atom is -0.280 e. The molecular weight excluding hydrogens is 288 g/mol. The summed E-state index contributed by atoms with van der Waals surface area (Å²) in [4.78, 5) is 3.72. The lowest BCUT2D eigenvalue weighted by molar-refractivity contribution is 0.248. The Labute approximate surface area is 128 Å². The molecule has 0 spiro atoms. The summed E-state index contributed by atoms with van der Waals surface area (Å²) in [5.41, 5.74) is 2.37. The Morgan fingerprint density at radius 3 is 3.00 bits per heavy atom. The molecule has 1 atom stereocenters. The monoisotopic (exact) mass is 302 g/mol. The smallest absolute Gasteiger partial charge is 0.125 e. The summed E-state index contributed by atoms with van der Waals surface area (Å²) in [5, 5.41) is 12.4. The van der Waals surface area contributed by atoms with E-state index < -0.39 is 0 Å². The average Bonchev–Trinajstić information content (AvgIpc) is 2.50. The van der Waals surface area contributed by atoms with Gasteiger partial charge in [-0.05, 0) is 34.8 Å². The molecule has 0 aromatic heterocycles. The summed E-state index contributed by atoms with van der Waals surface area (Å²) in [6.45, 7) is 1.79. The Hall–Kier alpha value is -1.21. The van der Waals surface area contributed by atoms with Gasteiger partial charge in [0.15, 0.2) is 0 Å². The van der Waals surface area contributed by atoms with Crippen molar-refractivity contribution in [1.82, 2.24) is 4.90 Å². The molecule has 4 heteroatoms. The minimum atomic E-state index is -0.256. The third-order valence-electron chi connectivity index (χ3n) is 3.77. The summed E-state index contributed by atoms with van der Waals surface area (Å²) in [6, 6.07) is 9.82. The normalized spacial score (nSPS) is 20.4. The minimum absolute atomic E-state index is 0.256. The Bertz CT molecular complexity index is 615. The molecule has 0 N–H and O–H groups in total. The Morgan fingerprint density at radius 1 is 1.35 bits per heavy atom. The molecule has 0 radical (unpaired) electrons. The number of halogens is 1. The van der Waals surface area contributed by atoms with Gasteiger partial charge in [-0.1, -0.05) is 35.9 Å². The molecule has 3 rings (SSSR count). The predicted molar refractivity (Wildman–Crippen MR) is 84.4 cm³/mol. The van der Waals surface area contributed by atoms with Crippen molar-refractivity contribution < 1.29 is 0 Å². The molecule has 102 valence electrons. The van der Waals surface area contributed by atoms with E-state index in [4.69, 9.17) is 11.6 Å². The number of hydrogen-bond acceptors (Lipinski definition) is 3. The van der Waals surface area contributed by atoms with Gasteiger partial charge in [0.05, 0.1) is 6.07 Å². The van der Waals surface area contributed by atoms with Crippen LogP contribution in [-0.4, -0.2) is 18.0 Å². The van der Waals surface area contributed by atoms with Crippen LogP contribution in [0.4, 0.5) is 0 Å². The first kappa shape index (κ1) is 13.8. The molecule has 0 fully saturated rings. The van der Waals surface area contributed by atoms with Gasteiger partial charge in [0, 0.05) is 23.7 Å². The van der Waals surface area contributed by atoms with E-state index in [1.807, 2.05) is 36.0 Å². The Balaban J connectivity index is 1.84. The second-order valence-electron chi connectivity index (χ2n) is 4.99. The maximum atomic E-state index is 9.57. The van der Waals surface area contributed by atoms with Gasteiger partial charge < -0.3 is 0 Å². The third kappa shape index (κ3) is 2.64. The molecule has 0 saturated carbocycles. The van der Waals surface area contributed by atoms with Gasteiger partial charge in [-0.3, -0.25) is 4.90 Å². The number of benzene rings is 1. The van der Waals surface area contributed by atoms with Crippen LogP contribution in [0, 0.1) is 11.3 Å². The van der Waals surface area contributed by atoms with Gasteiger partial charge in [0.2, 0.25) is 0 Å². The molecule has 0 bridgehead atoms. The zero-order valence-corrected chi connectivity index (χ0v) is 12.6. The largest absolute Gasteiger partial charge is 0.280 e. The molecule has 2 aliphatic heterocycles. The highest BCUT2D eigenvalue weighted by molar-refractivity contribution is 8.05. The van der Waals surface area contributed by atoms with Crippen molar-refractivity contribution >= 4 is 23.4 Å². The molecule has 2 nitrogen and oxygen atoms in total. The Kier molecular flexibility index (Phi) is 4.16. The van der Waals surface area contributed by atoms with Crippen LogP contribution < -0.4 is 0 Å². The number of allylic oxidation sites excluding steroid dienone is 1. The molecule has 1 aromatic carbocycles. The van der Waals surface area contributed by atoms with Crippen molar-refractivity contribution in [1.29, 1.82) is 5.26 Å².